The van der Waals surface area contributed by atoms with Crippen LogP contribution in [0.3, 0.4) is 0 Å². The number of halogens is 4. The summed E-state index contributed by atoms with van der Waals surface area (Å²) < 4.78 is 43.0. The molecular weight excluding hydrogens is 379 g/mol. The molecule has 0 amide bonds. The lowest BCUT2D eigenvalue weighted by molar-refractivity contribution is -0.274. The van der Waals surface area contributed by atoms with Crippen LogP contribution in [0.15, 0.2) is 66.9 Å². The van der Waals surface area contributed by atoms with Crippen molar-refractivity contribution in [2.45, 2.75) is 6.36 Å². The lowest BCUT2D eigenvalue weighted by Crippen LogP contribution is -2.17. The van der Waals surface area contributed by atoms with E-state index in [0.717, 1.165) is 5.56 Å². The molecule has 0 radical (unpaired) electrons. The van der Waals surface area contributed by atoms with Crippen LogP contribution in [0.25, 0.3) is 28.2 Å². The molecule has 0 unspecified atom stereocenters. The molecule has 2 aromatic heterocycles. The molecule has 27 heavy (non-hydrogen) atoms. The van der Waals surface area contributed by atoms with Crippen molar-refractivity contribution < 1.29 is 17.9 Å². The van der Waals surface area contributed by atoms with Gasteiger partial charge in [0, 0.05) is 16.1 Å². The van der Waals surface area contributed by atoms with Gasteiger partial charge in [0.05, 0.1) is 17.6 Å². The van der Waals surface area contributed by atoms with Gasteiger partial charge in [-0.15, -0.1) is 13.2 Å². The Morgan fingerprint density at radius 1 is 0.926 bits per heavy atom. The molecule has 0 saturated heterocycles. The van der Waals surface area contributed by atoms with Crippen LogP contribution in [0.4, 0.5) is 13.2 Å². The highest BCUT2D eigenvalue weighted by Gasteiger charge is 2.31. The maximum absolute atomic E-state index is 12.5. The van der Waals surface area contributed by atoms with E-state index >= 15 is 0 Å². The van der Waals surface area contributed by atoms with Gasteiger partial charge in [0.1, 0.15) is 5.75 Å². The van der Waals surface area contributed by atoms with Gasteiger partial charge in [0.15, 0.2) is 5.65 Å². The number of nitrogens with zero attached hydrogens (tertiary/aromatic N) is 3. The second-order valence-electron chi connectivity index (χ2n) is 5.71. The molecule has 0 N–H and O–H groups in total. The highest BCUT2D eigenvalue weighted by atomic mass is 35.5. The van der Waals surface area contributed by atoms with E-state index in [1.54, 1.807) is 35.0 Å². The Kier molecular flexibility index (Phi) is 4.24. The van der Waals surface area contributed by atoms with E-state index in [-0.39, 0.29) is 5.75 Å². The van der Waals surface area contributed by atoms with Crippen LogP contribution in [0.5, 0.6) is 5.75 Å². The molecule has 4 aromatic rings. The fourth-order valence-electron chi connectivity index (χ4n) is 2.70. The van der Waals surface area contributed by atoms with Crippen LogP contribution in [0.2, 0.25) is 5.02 Å². The molecule has 2 aromatic carbocycles. The molecule has 0 bridgehead atoms. The van der Waals surface area contributed by atoms with Crippen LogP contribution in [-0.2, 0) is 0 Å². The topological polar surface area (TPSA) is 39.4 Å². The zero-order valence-corrected chi connectivity index (χ0v) is 14.4. The van der Waals surface area contributed by atoms with Crippen molar-refractivity contribution in [1.29, 1.82) is 0 Å². The summed E-state index contributed by atoms with van der Waals surface area (Å²) in [4.78, 5) is 4.26. The van der Waals surface area contributed by atoms with Crippen LogP contribution in [0.1, 0.15) is 0 Å². The Morgan fingerprint density at radius 3 is 2.44 bits per heavy atom. The molecule has 0 aliphatic heterocycles. The molecule has 0 saturated carbocycles. The maximum Gasteiger partial charge on any atom is 0.573 e. The summed E-state index contributed by atoms with van der Waals surface area (Å²) >= 11 is 5.92. The first-order valence-corrected chi connectivity index (χ1v) is 8.24. The number of hydrogen-bond donors (Lipinski definition) is 0. The van der Waals surface area contributed by atoms with Gasteiger partial charge >= 0.3 is 6.36 Å². The fourth-order valence-corrected chi connectivity index (χ4v) is 2.82. The van der Waals surface area contributed by atoms with Crippen molar-refractivity contribution in [3.8, 4) is 28.3 Å². The second kappa shape index (κ2) is 6.59. The van der Waals surface area contributed by atoms with Crippen LogP contribution >= 0.6 is 11.6 Å². The Bertz CT molecular complexity index is 1110. The molecule has 0 atom stereocenters. The molecule has 4 rings (SSSR count). The van der Waals surface area contributed by atoms with Gasteiger partial charge in [-0.25, -0.2) is 9.50 Å². The molecule has 2 heterocycles. The van der Waals surface area contributed by atoms with Gasteiger partial charge in [0.2, 0.25) is 0 Å². The molecule has 0 aliphatic rings. The number of imidazole rings is 1. The van der Waals surface area contributed by atoms with Crippen molar-refractivity contribution >= 4 is 17.2 Å². The molecule has 0 aliphatic carbocycles. The van der Waals surface area contributed by atoms with E-state index < -0.39 is 6.36 Å². The summed E-state index contributed by atoms with van der Waals surface area (Å²) in [5.41, 5.74) is 3.17. The van der Waals surface area contributed by atoms with E-state index in [4.69, 9.17) is 11.6 Å². The predicted molar refractivity (Wildman–Crippen MR) is 95.6 cm³/mol. The molecule has 4 nitrogen and oxygen atoms in total. The number of ether oxygens (including phenoxy) is 1. The zero-order chi connectivity index (χ0) is 19.0. The van der Waals surface area contributed by atoms with Gasteiger partial charge in [-0.05, 0) is 36.4 Å². The number of aromatic nitrogens is 3. The van der Waals surface area contributed by atoms with Crippen LogP contribution in [0, 0.1) is 0 Å². The number of rotatable bonds is 3. The van der Waals surface area contributed by atoms with Crippen LogP contribution in [-0.4, -0.2) is 21.0 Å². The van der Waals surface area contributed by atoms with Crippen LogP contribution < -0.4 is 4.74 Å². The average molecular weight is 390 g/mol. The monoisotopic (exact) mass is 389 g/mol. The normalized spacial score (nSPS) is 11.7. The average Bonchev–Trinajstić information content (AvgIpc) is 3.04. The van der Waals surface area contributed by atoms with Crippen molar-refractivity contribution in [3.05, 3.63) is 71.9 Å². The first-order valence-electron chi connectivity index (χ1n) is 7.86. The van der Waals surface area contributed by atoms with Gasteiger partial charge in [-0.2, -0.15) is 5.10 Å². The first-order chi connectivity index (χ1) is 12.9. The van der Waals surface area contributed by atoms with Crippen molar-refractivity contribution in [2.75, 3.05) is 0 Å². The summed E-state index contributed by atoms with van der Waals surface area (Å²) in [7, 11) is 0. The largest absolute Gasteiger partial charge is 0.573 e. The van der Waals surface area contributed by atoms with Crippen molar-refractivity contribution in [2.24, 2.45) is 0 Å². The SMILES string of the molecule is FC(F)(F)Oc1cccc(-c2cnc3ccc(-c4ccc(Cl)cc4)nn23)c1. The minimum absolute atomic E-state index is 0.302. The highest BCUT2D eigenvalue weighted by Crippen LogP contribution is 2.29. The standard InChI is InChI=1S/C19H11ClF3N3O/c20-14-6-4-12(5-7-14)16-8-9-18-24-11-17(26(18)25-16)13-2-1-3-15(10-13)27-19(21,22)23/h1-11H. The summed E-state index contributed by atoms with van der Waals surface area (Å²) in [5, 5.41) is 5.18. The van der Waals surface area contributed by atoms with Gasteiger partial charge < -0.3 is 4.74 Å². The van der Waals surface area contributed by atoms with Crippen molar-refractivity contribution in [3.63, 3.8) is 0 Å². The predicted octanol–water partition coefficient (Wildman–Crippen LogP) is 5.62. The highest BCUT2D eigenvalue weighted by molar-refractivity contribution is 6.30. The van der Waals surface area contributed by atoms with E-state index in [1.807, 2.05) is 18.2 Å². The molecule has 0 fully saturated rings. The van der Waals surface area contributed by atoms with E-state index in [9.17, 15) is 13.2 Å². The number of fused-ring (bicyclic) bond motifs is 1. The van der Waals surface area contributed by atoms with Crippen molar-refractivity contribution in [1.82, 2.24) is 14.6 Å². The summed E-state index contributed by atoms with van der Waals surface area (Å²) in [6.45, 7) is 0. The second-order valence-corrected chi connectivity index (χ2v) is 6.15. The van der Waals surface area contributed by atoms with Gasteiger partial charge in [-0.3, -0.25) is 0 Å². The lowest BCUT2D eigenvalue weighted by atomic mass is 10.1. The first kappa shape index (κ1) is 17.4. The van der Waals surface area contributed by atoms with E-state index in [2.05, 4.69) is 14.8 Å². The van der Waals surface area contributed by atoms with E-state index in [0.29, 0.717) is 27.6 Å². The van der Waals surface area contributed by atoms with Gasteiger partial charge in [-0.1, -0.05) is 35.9 Å². The number of hydrogen-bond acceptors (Lipinski definition) is 3. The fraction of sp³-hybridized carbons (Fsp3) is 0.0526. The Morgan fingerprint density at radius 2 is 1.70 bits per heavy atom. The minimum Gasteiger partial charge on any atom is -0.406 e. The third-order valence-electron chi connectivity index (χ3n) is 3.87. The third kappa shape index (κ3) is 3.73. The number of benzene rings is 2. The maximum atomic E-state index is 12.5. The lowest BCUT2D eigenvalue weighted by Gasteiger charge is -2.10. The smallest absolute Gasteiger partial charge is 0.406 e. The Hall–Kier alpha value is -3.06. The summed E-state index contributed by atoms with van der Waals surface area (Å²) in [5.74, 6) is -0.302. The zero-order valence-electron chi connectivity index (χ0n) is 13.6. The van der Waals surface area contributed by atoms with E-state index in [1.165, 1.54) is 18.2 Å². The summed E-state index contributed by atoms with van der Waals surface area (Å²) in [6.07, 6.45) is -3.20. The molecular formula is C19H11ClF3N3O. The molecule has 8 heteroatoms. The Balaban J connectivity index is 1.77. The van der Waals surface area contributed by atoms with Gasteiger partial charge in [0.25, 0.3) is 0 Å². The summed E-state index contributed by atoms with van der Waals surface area (Å²) in [6, 6.07) is 16.5. The number of alkyl halides is 3. The molecule has 0 spiro atoms. The minimum atomic E-state index is -4.75. The third-order valence-corrected chi connectivity index (χ3v) is 4.12. The Labute approximate surface area is 156 Å². The quantitative estimate of drug-likeness (QED) is 0.457. The molecule has 136 valence electrons.